The number of aromatic nitrogens is 1. The Hall–Kier alpha value is -1.61. The summed E-state index contributed by atoms with van der Waals surface area (Å²) in [4.78, 5) is 17.8. The summed E-state index contributed by atoms with van der Waals surface area (Å²) in [5, 5.41) is 1.12. The molecule has 1 heterocycles. The van der Waals surface area contributed by atoms with Gasteiger partial charge in [-0.25, -0.2) is 0 Å². The monoisotopic (exact) mass is 284 g/mol. The molecule has 1 aromatic carbocycles. The third-order valence-corrected chi connectivity index (χ3v) is 4.70. The van der Waals surface area contributed by atoms with Gasteiger partial charge in [0.25, 0.3) is 5.56 Å². The van der Waals surface area contributed by atoms with Gasteiger partial charge in [-0.2, -0.15) is 0 Å². The van der Waals surface area contributed by atoms with Gasteiger partial charge < -0.3 is 4.98 Å². The van der Waals surface area contributed by atoms with Crippen LogP contribution in [0.3, 0.4) is 0 Å². The van der Waals surface area contributed by atoms with Crippen LogP contribution < -0.4 is 5.56 Å². The molecule has 1 fully saturated rings. The highest BCUT2D eigenvalue weighted by Crippen LogP contribution is 2.23. The molecule has 1 saturated carbocycles. The average Bonchev–Trinajstić information content (AvgIpc) is 2.53. The number of aromatic amines is 1. The summed E-state index contributed by atoms with van der Waals surface area (Å²) in [7, 11) is 0. The lowest BCUT2D eigenvalue weighted by Crippen LogP contribution is -2.37. The third kappa shape index (κ3) is 3.18. The minimum Gasteiger partial charge on any atom is -0.322 e. The van der Waals surface area contributed by atoms with Gasteiger partial charge in [0.2, 0.25) is 0 Å². The van der Waals surface area contributed by atoms with Crippen molar-refractivity contribution in [1.82, 2.24) is 9.88 Å². The zero-order valence-electron chi connectivity index (χ0n) is 12.8. The Balaban J connectivity index is 1.85. The summed E-state index contributed by atoms with van der Waals surface area (Å²) in [6.45, 7) is 3.97. The maximum absolute atomic E-state index is 12.3. The van der Waals surface area contributed by atoms with Crippen LogP contribution in [0.5, 0.6) is 0 Å². The topological polar surface area (TPSA) is 36.1 Å². The van der Waals surface area contributed by atoms with Crippen LogP contribution in [0, 0.1) is 0 Å². The fourth-order valence-corrected chi connectivity index (χ4v) is 3.47. The Morgan fingerprint density at radius 1 is 1.19 bits per heavy atom. The first-order chi connectivity index (χ1) is 10.3. The Morgan fingerprint density at radius 3 is 2.71 bits per heavy atom. The quantitative estimate of drug-likeness (QED) is 0.929. The van der Waals surface area contributed by atoms with Gasteiger partial charge in [0.1, 0.15) is 0 Å². The van der Waals surface area contributed by atoms with E-state index in [1.54, 1.807) is 0 Å². The predicted octanol–water partition coefficient (Wildman–Crippen LogP) is 3.68. The molecule has 112 valence electrons. The lowest BCUT2D eigenvalue weighted by atomic mass is 9.94. The van der Waals surface area contributed by atoms with E-state index in [4.69, 9.17) is 0 Å². The molecule has 0 spiro atoms. The number of fused-ring (bicyclic) bond motifs is 1. The van der Waals surface area contributed by atoms with E-state index in [0.29, 0.717) is 6.04 Å². The molecule has 1 N–H and O–H groups in total. The lowest BCUT2D eigenvalue weighted by molar-refractivity contribution is 0.155. The number of benzene rings is 1. The van der Waals surface area contributed by atoms with Crippen LogP contribution in [-0.4, -0.2) is 22.5 Å². The summed E-state index contributed by atoms with van der Waals surface area (Å²) in [5.74, 6) is 0. The highest BCUT2D eigenvalue weighted by molar-refractivity contribution is 5.78. The lowest BCUT2D eigenvalue weighted by Gasteiger charge is -2.33. The Kier molecular flexibility index (Phi) is 4.39. The van der Waals surface area contributed by atoms with E-state index in [9.17, 15) is 4.79 Å². The second-order valence-electron chi connectivity index (χ2n) is 6.07. The van der Waals surface area contributed by atoms with E-state index < -0.39 is 0 Å². The Labute approximate surface area is 126 Å². The zero-order chi connectivity index (χ0) is 14.7. The molecular weight excluding hydrogens is 260 g/mol. The summed E-state index contributed by atoms with van der Waals surface area (Å²) >= 11 is 0. The van der Waals surface area contributed by atoms with Gasteiger partial charge in [-0.1, -0.05) is 44.4 Å². The van der Waals surface area contributed by atoms with Crippen LogP contribution in [0.15, 0.2) is 35.1 Å². The van der Waals surface area contributed by atoms with Crippen LogP contribution in [0.25, 0.3) is 10.9 Å². The van der Waals surface area contributed by atoms with Crippen molar-refractivity contribution in [2.75, 3.05) is 6.54 Å². The molecule has 3 nitrogen and oxygen atoms in total. The molecule has 1 aromatic heterocycles. The van der Waals surface area contributed by atoms with E-state index in [1.165, 1.54) is 32.1 Å². The minimum absolute atomic E-state index is 0.0583. The molecule has 3 rings (SSSR count). The normalized spacial score (nSPS) is 16.7. The van der Waals surface area contributed by atoms with Gasteiger partial charge in [0.05, 0.1) is 0 Å². The van der Waals surface area contributed by atoms with Crippen molar-refractivity contribution in [2.45, 2.75) is 51.6 Å². The molecule has 0 radical (unpaired) electrons. The number of para-hydroxylation sites is 1. The van der Waals surface area contributed by atoms with Gasteiger partial charge in [-0.3, -0.25) is 9.69 Å². The molecular formula is C18H24N2O. The minimum atomic E-state index is 0.0583. The maximum atomic E-state index is 12.3. The number of H-pyrrole nitrogens is 1. The number of pyridine rings is 1. The standard InChI is InChI=1S/C18H24N2O/c1-2-20(16-9-4-3-5-10-16)13-15-12-14-8-6-7-11-17(14)19-18(15)21/h6-8,11-12,16H,2-5,9-10,13H2,1H3,(H,19,21). The van der Waals surface area contributed by atoms with Gasteiger partial charge in [0, 0.05) is 23.7 Å². The van der Waals surface area contributed by atoms with E-state index in [-0.39, 0.29) is 5.56 Å². The number of hydrogen-bond acceptors (Lipinski definition) is 2. The second kappa shape index (κ2) is 6.44. The largest absolute Gasteiger partial charge is 0.322 e. The van der Waals surface area contributed by atoms with E-state index in [0.717, 1.165) is 29.6 Å². The Bertz CT molecular complexity index is 656. The molecule has 3 heteroatoms. The summed E-state index contributed by atoms with van der Waals surface area (Å²) < 4.78 is 0. The van der Waals surface area contributed by atoms with Crippen molar-refractivity contribution in [3.05, 3.63) is 46.2 Å². The first kappa shape index (κ1) is 14.3. The van der Waals surface area contributed by atoms with Gasteiger partial charge in [-0.15, -0.1) is 0 Å². The summed E-state index contributed by atoms with van der Waals surface area (Å²) in [5.41, 5.74) is 1.87. The van der Waals surface area contributed by atoms with Crippen molar-refractivity contribution in [3.8, 4) is 0 Å². The van der Waals surface area contributed by atoms with Crippen LogP contribution >= 0.6 is 0 Å². The van der Waals surface area contributed by atoms with Crippen molar-refractivity contribution in [2.24, 2.45) is 0 Å². The van der Waals surface area contributed by atoms with Crippen molar-refractivity contribution >= 4 is 10.9 Å². The van der Waals surface area contributed by atoms with Gasteiger partial charge >= 0.3 is 0 Å². The van der Waals surface area contributed by atoms with E-state index >= 15 is 0 Å². The molecule has 2 aromatic rings. The van der Waals surface area contributed by atoms with Crippen molar-refractivity contribution in [1.29, 1.82) is 0 Å². The number of nitrogens with one attached hydrogen (secondary N) is 1. The molecule has 0 saturated heterocycles. The number of hydrogen-bond donors (Lipinski definition) is 1. The average molecular weight is 284 g/mol. The van der Waals surface area contributed by atoms with Crippen LogP contribution in [0.1, 0.15) is 44.6 Å². The fourth-order valence-electron chi connectivity index (χ4n) is 3.47. The molecule has 0 bridgehead atoms. The van der Waals surface area contributed by atoms with Gasteiger partial charge in [0.15, 0.2) is 0 Å². The molecule has 1 aliphatic carbocycles. The molecule has 0 aliphatic heterocycles. The zero-order valence-corrected chi connectivity index (χ0v) is 12.8. The van der Waals surface area contributed by atoms with Crippen molar-refractivity contribution in [3.63, 3.8) is 0 Å². The molecule has 0 amide bonds. The highest BCUT2D eigenvalue weighted by Gasteiger charge is 2.20. The smallest absolute Gasteiger partial charge is 0.252 e. The fraction of sp³-hybridized carbons (Fsp3) is 0.500. The molecule has 0 unspecified atom stereocenters. The van der Waals surface area contributed by atoms with Crippen LogP contribution in [0.2, 0.25) is 0 Å². The number of rotatable bonds is 4. The Morgan fingerprint density at radius 2 is 1.95 bits per heavy atom. The maximum Gasteiger partial charge on any atom is 0.252 e. The van der Waals surface area contributed by atoms with Crippen LogP contribution in [-0.2, 0) is 6.54 Å². The predicted molar refractivity (Wildman–Crippen MR) is 87.5 cm³/mol. The first-order valence-corrected chi connectivity index (χ1v) is 8.13. The summed E-state index contributed by atoms with van der Waals surface area (Å²) in [6.07, 6.45) is 6.58. The molecule has 21 heavy (non-hydrogen) atoms. The third-order valence-electron chi connectivity index (χ3n) is 4.70. The highest BCUT2D eigenvalue weighted by atomic mass is 16.1. The summed E-state index contributed by atoms with van der Waals surface area (Å²) in [6, 6.07) is 10.7. The van der Waals surface area contributed by atoms with Crippen molar-refractivity contribution < 1.29 is 0 Å². The molecule has 0 atom stereocenters. The second-order valence-corrected chi connectivity index (χ2v) is 6.07. The van der Waals surface area contributed by atoms with Gasteiger partial charge in [-0.05, 0) is 36.9 Å². The van der Waals surface area contributed by atoms with Crippen LogP contribution in [0.4, 0.5) is 0 Å². The SMILES string of the molecule is CCN(Cc1cc2ccccc2[nH]c1=O)C1CCCCC1. The van der Waals surface area contributed by atoms with E-state index in [1.807, 2.05) is 18.2 Å². The molecule has 1 aliphatic rings. The number of nitrogens with zero attached hydrogens (tertiary/aromatic N) is 1. The van der Waals surface area contributed by atoms with E-state index in [2.05, 4.69) is 28.9 Å². The first-order valence-electron chi connectivity index (χ1n) is 8.13.